The van der Waals surface area contributed by atoms with Crippen molar-refractivity contribution in [3.8, 4) is 0 Å². The minimum Gasteiger partial charge on any atom is -0.370 e. The predicted molar refractivity (Wildman–Crippen MR) is 55.1 cm³/mol. The number of hydrogen-bond donors (Lipinski definition) is 2. The summed E-state index contributed by atoms with van der Waals surface area (Å²) in [6.45, 7) is 1.97. The third kappa shape index (κ3) is 2.94. The second-order valence-electron chi connectivity index (χ2n) is 2.59. The van der Waals surface area contributed by atoms with Gasteiger partial charge < -0.3 is 11.5 Å². The molecule has 0 amide bonds. The van der Waals surface area contributed by atoms with Crippen molar-refractivity contribution in [1.82, 2.24) is 0 Å². The quantitative estimate of drug-likeness (QED) is 0.519. The van der Waals surface area contributed by atoms with Crippen LogP contribution in [0.15, 0.2) is 34.3 Å². The summed E-state index contributed by atoms with van der Waals surface area (Å²) in [6, 6.07) is 7.74. The van der Waals surface area contributed by atoms with E-state index in [1.54, 1.807) is 0 Å². The van der Waals surface area contributed by atoms with Crippen LogP contribution in [-0.2, 0) is 0 Å². The fourth-order valence-corrected chi connectivity index (χ4v) is 0.866. The summed E-state index contributed by atoms with van der Waals surface area (Å²) in [5.74, 6) is 0.0114. The van der Waals surface area contributed by atoms with Crippen molar-refractivity contribution in [3.05, 3.63) is 29.8 Å². The van der Waals surface area contributed by atoms with Gasteiger partial charge in [0, 0.05) is 0 Å². The van der Waals surface area contributed by atoms with Gasteiger partial charge in [-0.1, -0.05) is 18.2 Å². The predicted octanol–water partition coefficient (Wildman–Crippen LogP) is 0.928. The minimum absolute atomic E-state index is 0.0114. The molecule has 0 saturated carbocycles. The summed E-state index contributed by atoms with van der Waals surface area (Å²) in [5.41, 5.74) is 12.2. The highest BCUT2D eigenvalue weighted by Gasteiger charge is 1.90. The van der Waals surface area contributed by atoms with Gasteiger partial charge in [0.1, 0.15) is 6.34 Å². The summed E-state index contributed by atoms with van der Waals surface area (Å²) in [4.78, 5) is 7.71. The van der Waals surface area contributed by atoms with Gasteiger partial charge in [-0.3, -0.25) is 0 Å². The molecule has 4 heteroatoms. The summed E-state index contributed by atoms with van der Waals surface area (Å²) in [6.07, 6.45) is 1.34. The van der Waals surface area contributed by atoms with Crippen LogP contribution >= 0.6 is 0 Å². The van der Waals surface area contributed by atoms with E-state index in [4.69, 9.17) is 11.5 Å². The van der Waals surface area contributed by atoms with Crippen LogP contribution in [0.5, 0.6) is 0 Å². The Balaban J connectivity index is 2.80. The van der Waals surface area contributed by atoms with E-state index in [1.165, 1.54) is 6.34 Å². The van der Waals surface area contributed by atoms with Crippen molar-refractivity contribution in [2.45, 2.75) is 6.92 Å². The Labute approximate surface area is 77.0 Å². The van der Waals surface area contributed by atoms with Crippen LogP contribution in [0.4, 0.5) is 5.69 Å². The lowest BCUT2D eigenvalue weighted by Gasteiger charge is -1.95. The molecule has 0 aliphatic rings. The highest BCUT2D eigenvalue weighted by molar-refractivity contribution is 5.84. The molecule has 68 valence electrons. The average Bonchev–Trinajstić information content (AvgIpc) is 2.08. The largest absolute Gasteiger partial charge is 0.370 e. The lowest BCUT2D eigenvalue weighted by atomic mass is 10.2. The molecule has 1 aromatic carbocycles. The fourth-order valence-electron chi connectivity index (χ4n) is 0.866. The molecule has 0 radical (unpaired) electrons. The van der Waals surface area contributed by atoms with Gasteiger partial charge in [0.2, 0.25) is 0 Å². The van der Waals surface area contributed by atoms with E-state index in [-0.39, 0.29) is 5.96 Å². The second kappa shape index (κ2) is 4.25. The van der Waals surface area contributed by atoms with Crippen LogP contribution in [0.2, 0.25) is 0 Å². The SMILES string of the molecule is Cc1ccccc1N=CN=C(N)N. The molecule has 0 aromatic heterocycles. The molecule has 0 fully saturated rings. The lowest BCUT2D eigenvalue weighted by molar-refractivity contribution is 1.39. The van der Waals surface area contributed by atoms with Gasteiger partial charge >= 0.3 is 0 Å². The lowest BCUT2D eigenvalue weighted by Crippen LogP contribution is -2.22. The van der Waals surface area contributed by atoms with E-state index < -0.39 is 0 Å². The molecule has 0 heterocycles. The number of aryl methyl sites for hydroxylation is 1. The molecule has 0 aliphatic carbocycles. The van der Waals surface area contributed by atoms with Gasteiger partial charge in [0.25, 0.3) is 0 Å². The number of guanidine groups is 1. The van der Waals surface area contributed by atoms with Crippen LogP contribution in [0.3, 0.4) is 0 Å². The van der Waals surface area contributed by atoms with Crippen molar-refractivity contribution < 1.29 is 0 Å². The van der Waals surface area contributed by atoms with E-state index in [9.17, 15) is 0 Å². The summed E-state index contributed by atoms with van der Waals surface area (Å²) in [7, 11) is 0. The molecule has 0 spiro atoms. The molecule has 4 N–H and O–H groups in total. The van der Waals surface area contributed by atoms with Crippen LogP contribution < -0.4 is 11.5 Å². The molecule has 0 unspecified atom stereocenters. The summed E-state index contributed by atoms with van der Waals surface area (Å²) in [5, 5.41) is 0. The maximum absolute atomic E-state index is 5.13. The van der Waals surface area contributed by atoms with E-state index in [2.05, 4.69) is 9.98 Å². The Bertz CT molecular complexity index is 337. The molecule has 4 nitrogen and oxygen atoms in total. The molecule has 0 aliphatic heterocycles. The van der Waals surface area contributed by atoms with E-state index in [1.807, 2.05) is 31.2 Å². The van der Waals surface area contributed by atoms with Gasteiger partial charge in [0.15, 0.2) is 5.96 Å². The van der Waals surface area contributed by atoms with Crippen LogP contribution in [0.1, 0.15) is 5.56 Å². The molecule has 0 bridgehead atoms. The molecular weight excluding hydrogens is 164 g/mol. The number of nitrogens with two attached hydrogens (primary N) is 2. The Kier molecular flexibility index (Phi) is 3.03. The van der Waals surface area contributed by atoms with Crippen molar-refractivity contribution in [2.24, 2.45) is 21.5 Å². The zero-order chi connectivity index (χ0) is 9.68. The first-order chi connectivity index (χ1) is 6.20. The van der Waals surface area contributed by atoms with Crippen molar-refractivity contribution in [2.75, 3.05) is 0 Å². The number of benzene rings is 1. The summed E-state index contributed by atoms with van der Waals surface area (Å²) < 4.78 is 0. The Hall–Kier alpha value is -1.84. The zero-order valence-corrected chi connectivity index (χ0v) is 7.44. The first-order valence-electron chi connectivity index (χ1n) is 3.87. The van der Waals surface area contributed by atoms with Gasteiger partial charge in [-0.15, -0.1) is 0 Å². The van der Waals surface area contributed by atoms with Gasteiger partial charge in [-0.05, 0) is 18.6 Å². The number of nitrogens with zero attached hydrogens (tertiary/aromatic N) is 2. The minimum atomic E-state index is 0.0114. The molecule has 0 atom stereocenters. The zero-order valence-electron chi connectivity index (χ0n) is 7.44. The van der Waals surface area contributed by atoms with E-state index in [0.29, 0.717) is 0 Å². The smallest absolute Gasteiger partial charge is 0.192 e. The topological polar surface area (TPSA) is 76.8 Å². The maximum atomic E-state index is 5.13. The molecule has 1 rings (SSSR count). The van der Waals surface area contributed by atoms with Crippen molar-refractivity contribution in [3.63, 3.8) is 0 Å². The molecule has 0 saturated heterocycles. The average molecular weight is 176 g/mol. The molecular formula is C9H12N4. The number of aliphatic imine (C=N–C) groups is 2. The second-order valence-corrected chi connectivity index (χ2v) is 2.59. The Morgan fingerprint density at radius 2 is 2.00 bits per heavy atom. The summed E-state index contributed by atoms with van der Waals surface area (Å²) >= 11 is 0. The Morgan fingerprint density at radius 1 is 1.31 bits per heavy atom. The number of hydrogen-bond acceptors (Lipinski definition) is 1. The fraction of sp³-hybridized carbons (Fsp3) is 0.111. The van der Waals surface area contributed by atoms with E-state index >= 15 is 0 Å². The number of rotatable bonds is 2. The third-order valence-electron chi connectivity index (χ3n) is 1.52. The van der Waals surface area contributed by atoms with Crippen LogP contribution in [0.25, 0.3) is 0 Å². The van der Waals surface area contributed by atoms with Crippen molar-refractivity contribution in [1.29, 1.82) is 0 Å². The third-order valence-corrected chi connectivity index (χ3v) is 1.52. The van der Waals surface area contributed by atoms with Gasteiger partial charge in [-0.2, -0.15) is 0 Å². The number of para-hydroxylation sites is 1. The van der Waals surface area contributed by atoms with Crippen LogP contribution in [0, 0.1) is 6.92 Å². The standard InChI is InChI=1S/C9H12N4/c1-7-4-2-3-5-8(7)12-6-13-9(10)11/h2-6H,1H3,(H4,10,11,12,13). The van der Waals surface area contributed by atoms with Gasteiger partial charge in [-0.25, -0.2) is 9.98 Å². The molecule has 1 aromatic rings. The first kappa shape index (κ1) is 9.25. The normalized spacial score (nSPS) is 10.2. The first-order valence-corrected chi connectivity index (χ1v) is 3.87. The van der Waals surface area contributed by atoms with E-state index in [0.717, 1.165) is 11.3 Å². The molecule has 13 heavy (non-hydrogen) atoms. The highest BCUT2D eigenvalue weighted by Crippen LogP contribution is 2.15. The highest BCUT2D eigenvalue weighted by atomic mass is 15.0. The maximum Gasteiger partial charge on any atom is 0.192 e. The van der Waals surface area contributed by atoms with Crippen molar-refractivity contribution >= 4 is 18.0 Å². The monoisotopic (exact) mass is 176 g/mol. The van der Waals surface area contributed by atoms with Crippen LogP contribution in [-0.4, -0.2) is 12.3 Å². The Morgan fingerprint density at radius 3 is 2.62 bits per heavy atom. The van der Waals surface area contributed by atoms with Gasteiger partial charge in [0.05, 0.1) is 5.69 Å².